The molecule has 0 aliphatic carbocycles. The first kappa shape index (κ1) is 32.2. The molecule has 0 atom stereocenters. The zero-order valence-electron chi connectivity index (χ0n) is 27.4. The molecule has 9 heteroatoms. The lowest BCUT2D eigenvalue weighted by molar-refractivity contribution is 1.65. The molecule has 0 saturated carbocycles. The molecule has 216 valence electrons. The molecule has 1 aromatic heterocycles. The van der Waals surface area contributed by atoms with E-state index in [1.165, 1.54) is 20.2 Å². The summed E-state index contributed by atoms with van der Waals surface area (Å²) < 4.78 is 2.49. The van der Waals surface area contributed by atoms with E-state index in [1.807, 2.05) is 54.6 Å². The van der Waals surface area contributed by atoms with Gasteiger partial charge in [0.1, 0.15) is 62.8 Å². The van der Waals surface area contributed by atoms with Crippen LogP contribution in [-0.2, 0) is 0 Å². The maximum Gasteiger partial charge on any atom is 0.113 e. The maximum atomic E-state index is 6.95. The molecular formula is C42H18B8S. The van der Waals surface area contributed by atoms with Crippen molar-refractivity contribution in [1.82, 2.24) is 0 Å². The third kappa shape index (κ3) is 4.70. The van der Waals surface area contributed by atoms with Crippen molar-refractivity contribution < 1.29 is 0 Å². The zero-order chi connectivity index (χ0) is 35.3. The summed E-state index contributed by atoms with van der Waals surface area (Å²) in [5.41, 5.74) is 7.07. The third-order valence-corrected chi connectivity index (χ3v) is 11.4. The normalized spacial score (nSPS) is 11.8. The molecule has 0 saturated heterocycles. The van der Waals surface area contributed by atoms with E-state index in [0.29, 0.717) is 32.7 Å². The molecule has 1 heterocycles. The van der Waals surface area contributed by atoms with Gasteiger partial charge in [-0.25, -0.2) is 0 Å². The minimum absolute atomic E-state index is 0.188. The summed E-state index contributed by atoms with van der Waals surface area (Å²) in [5, 5.41) is 6.91. The molecule has 9 rings (SSSR count). The van der Waals surface area contributed by atoms with Gasteiger partial charge in [0, 0.05) is 20.2 Å². The van der Waals surface area contributed by atoms with Gasteiger partial charge in [-0.05, 0) is 77.8 Å². The van der Waals surface area contributed by atoms with E-state index in [4.69, 9.17) is 62.8 Å². The molecule has 16 radical (unpaired) electrons. The molecule has 0 bridgehead atoms. The van der Waals surface area contributed by atoms with E-state index in [1.54, 1.807) is 11.3 Å². The van der Waals surface area contributed by atoms with Gasteiger partial charge in [0.15, 0.2) is 0 Å². The Morgan fingerprint density at radius 2 is 0.804 bits per heavy atom. The molecule has 0 aliphatic heterocycles. The van der Waals surface area contributed by atoms with Gasteiger partial charge in [-0.2, -0.15) is 0 Å². The molecule has 0 N–H and O–H groups in total. The monoisotopic (exact) mass is 642 g/mol. The summed E-state index contributed by atoms with van der Waals surface area (Å²) in [4.78, 5) is 0. The Bertz CT molecular complexity index is 2860. The fraction of sp³-hybridized carbons (Fsp3) is 0. The van der Waals surface area contributed by atoms with Crippen molar-refractivity contribution >= 4 is 170 Å². The molecule has 0 fully saturated rings. The Hall–Kier alpha value is -4.72. The fourth-order valence-corrected chi connectivity index (χ4v) is 8.83. The van der Waals surface area contributed by atoms with E-state index >= 15 is 0 Å². The Kier molecular flexibility index (Phi) is 7.53. The van der Waals surface area contributed by atoms with Crippen molar-refractivity contribution in [2.45, 2.75) is 0 Å². The fourth-order valence-electron chi connectivity index (χ4n) is 7.68. The van der Waals surface area contributed by atoms with Crippen molar-refractivity contribution in [3.63, 3.8) is 0 Å². The molecule has 8 aromatic carbocycles. The number of thiophene rings is 1. The number of hydrogen-bond donors (Lipinski definition) is 0. The van der Waals surface area contributed by atoms with E-state index in [-0.39, 0.29) is 43.7 Å². The van der Waals surface area contributed by atoms with Crippen LogP contribution in [0.25, 0.3) is 85.9 Å². The average Bonchev–Trinajstić information content (AvgIpc) is 3.54. The lowest BCUT2D eigenvalue weighted by Gasteiger charge is -2.29. The SMILES string of the molecule is [B]c1c([B])c([B])c2c(-c3cccc4ccccc34)c3c([B])c([B])c([B])c([B])c3c(-c3ccc(-c4ccc5c(c4)sc4ccccc45)cc3)c2c1[B]. The lowest BCUT2D eigenvalue weighted by Crippen LogP contribution is -2.50. The average molecular weight is 641 g/mol. The first-order chi connectivity index (χ1) is 24.7. The molecular weight excluding hydrogens is 623 g/mol. The predicted molar refractivity (Wildman–Crippen MR) is 231 cm³/mol. The highest BCUT2D eigenvalue weighted by Crippen LogP contribution is 2.43. The molecule has 9 aromatic rings. The maximum absolute atomic E-state index is 6.95. The second-order valence-electron chi connectivity index (χ2n) is 13.0. The van der Waals surface area contributed by atoms with Crippen molar-refractivity contribution in [3.05, 3.63) is 109 Å². The number of fused-ring (bicyclic) bond motifs is 6. The third-order valence-electron chi connectivity index (χ3n) is 10.3. The first-order valence-corrected chi connectivity index (χ1v) is 17.2. The minimum atomic E-state index is 0.188. The largest absolute Gasteiger partial charge is 0.135 e. The van der Waals surface area contributed by atoms with Gasteiger partial charge >= 0.3 is 0 Å². The smallest absolute Gasteiger partial charge is 0.113 e. The van der Waals surface area contributed by atoms with Gasteiger partial charge in [-0.3, -0.25) is 0 Å². The quantitative estimate of drug-likeness (QED) is 0.206. The first-order valence-electron chi connectivity index (χ1n) is 16.4. The van der Waals surface area contributed by atoms with Crippen LogP contribution in [0.1, 0.15) is 0 Å². The summed E-state index contributed by atoms with van der Waals surface area (Å²) in [7, 11) is 54.1. The molecule has 0 unspecified atom stereocenters. The van der Waals surface area contributed by atoms with Gasteiger partial charge in [-0.1, -0.05) is 119 Å². The van der Waals surface area contributed by atoms with E-state index in [2.05, 4.69) is 54.6 Å². The van der Waals surface area contributed by atoms with E-state index < -0.39 is 0 Å². The van der Waals surface area contributed by atoms with Crippen LogP contribution >= 0.6 is 11.3 Å². The van der Waals surface area contributed by atoms with Crippen LogP contribution in [-0.4, -0.2) is 62.8 Å². The zero-order valence-corrected chi connectivity index (χ0v) is 28.2. The summed E-state index contributed by atoms with van der Waals surface area (Å²) in [6.07, 6.45) is 0. The summed E-state index contributed by atoms with van der Waals surface area (Å²) in [6, 6.07) is 37.4. The predicted octanol–water partition coefficient (Wildman–Crippen LogP) is 2.87. The second kappa shape index (κ2) is 11.9. The Labute approximate surface area is 311 Å². The van der Waals surface area contributed by atoms with Gasteiger partial charge < -0.3 is 0 Å². The summed E-state index contributed by atoms with van der Waals surface area (Å²) in [5.74, 6) is 0. The van der Waals surface area contributed by atoms with E-state index in [9.17, 15) is 0 Å². The van der Waals surface area contributed by atoms with Crippen LogP contribution < -0.4 is 43.7 Å². The van der Waals surface area contributed by atoms with Crippen molar-refractivity contribution in [2.24, 2.45) is 0 Å². The van der Waals surface area contributed by atoms with Gasteiger partial charge in [-0.15, -0.1) is 33.2 Å². The summed E-state index contributed by atoms with van der Waals surface area (Å²) in [6.45, 7) is 0. The molecule has 0 nitrogen and oxygen atoms in total. The number of rotatable bonds is 3. The molecule has 51 heavy (non-hydrogen) atoms. The van der Waals surface area contributed by atoms with Crippen LogP contribution in [0, 0.1) is 0 Å². The molecule has 0 aliphatic rings. The Morgan fingerprint density at radius 3 is 1.43 bits per heavy atom. The van der Waals surface area contributed by atoms with Crippen molar-refractivity contribution in [1.29, 1.82) is 0 Å². The number of benzene rings is 8. The highest BCUT2D eigenvalue weighted by Gasteiger charge is 2.25. The van der Waals surface area contributed by atoms with Crippen LogP contribution in [0.3, 0.4) is 0 Å². The minimum Gasteiger partial charge on any atom is -0.135 e. The van der Waals surface area contributed by atoms with Gasteiger partial charge in [0.25, 0.3) is 0 Å². The highest BCUT2D eigenvalue weighted by atomic mass is 32.1. The Balaban J connectivity index is 1.39. The van der Waals surface area contributed by atoms with Gasteiger partial charge in [0.2, 0.25) is 0 Å². The van der Waals surface area contributed by atoms with Crippen LogP contribution in [0.5, 0.6) is 0 Å². The van der Waals surface area contributed by atoms with Gasteiger partial charge in [0.05, 0.1) is 0 Å². The lowest BCUT2D eigenvalue weighted by atomic mass is 9.59. The van der Waals surface area contributed by atoms with Crippen molar-refractivity contribution in [3.8, 4) is 33.4 Å². The van der Waals surface area contributed by atoms with Crippen LogP contribution in [0.2, 0.25) is 0 Å². The Morgan fingerprint density at radius 1 is 0.333 bits per heavy atom. The van der Waals surface area contributed by atoms with Crippen molar-refractivity contribution in [2.75, 3.05) is 0 Å². The van der Waals surface area contributed by atoms with E-state index in [0.717, 1.165) is 33.0 Å². The second-order valence-corrected chi connectivity index (χ2v) is 14.1. The highest BCUT2D eigenvalue weighted by molar-refractivity contribution is 7.25. The topological polar surface area (TPSA) is 0 Å². The summed E-state index contributed by atoms with van der Waals surface area (Å²) >= 11 is 1.79. The molecule has 0 amide bonds. The number of hydrogen-bond acceptors (Lipinski definition) is 1. The van der Waals surface area contributed by atoms with Crippen LogP contribution in [0.15, 0.2) is 109 Å². The van der Waals surface area contributed by atoms with Crippen LogP contribution in [0.4, 0.5) is 0 Å². The standard InChI is InChI=1S/C42H18B8S/c43-35-31-29(21-14-12-19(13-15-21)22-16-17-25-24-9-3-4-11-27(24)51-28(25)18-22)32-34(38(46)42(50)40(48)36(32)44)30(33(31)37(45)41(49)39(35)47)26-10-5-7-20-6-1-2-8-23(20)26/h1-18H. The molecule has 0 spiro atoms.